The molecule has 0 spiro atoms. The number of halogens is 4. The SMILES string of the molecule is Cl.N[C@H](c1ccccc1)c1ccc(C(F)(F)F)cc1. The van der Waals surface area contributed by atoms with Gasteiger partial charge in [-0.2, -0.15) is 13.2 Å². The van der Waals surface area contributed by atoms with Crippen LogP contribution in [-0.4, -0.2) is 0 Å². The molecule has 2 aromatic carbocycles. The van der Waals surface area contributed by atoms with Crippen LogP contribution in [0, 0.1) is 0 Å². The number of hydrogen-bond acceptors (Lipinski definition) is 1. The average Bonchev–Trinajstić information content (AvgIpc) is 2.38. The average molecular weight is 288 g/mol. The Morgan fingerprint density at radius 3 is 1.74 bits per heavy atom. The third-order valence-electron chi connectivity index (χ3n) is 2.76. The van der Waals surface area contributed by atoms with E-state index in [1.54, 1.807) is 0 Å². The van der Waals surface area contributed by atoms with E-state index in [1.165, 1.54) is 12.1 Å². The van der Waals surface area contributed by atoms with Gasteiger partial charge >= 0.3 is 6.18 Å². The van der Waals surface area contributed by atoms with E-state index >= 15 is 0 Å². The van der Waals surface area contributed by atoms with Crippen molar-refractivity contribution in [3.05, 3.63) is 71.3 Å². The van der Waals surface area contributed by atoms with Gasteiger partial charge in [-0.25, -0.2) is 0 Å². The van der Waals surface area contributed by atoms with Crippen LogP contribution in [0.5, 0.6) is 0 Å². The molecule has 5 heteroatoms. The molecule has 0 aliphatic carbocycles. The van der Waals surface area contributed by atoms with Crippen molar-refractivity contribution in [2.24, 2.45) is 5.73 Å². The van der Waals surface area contributed by atoms with Crippen molar-refractivity contribution < 1.29 is 13.2 Å². The Labute approximate surface area is 115 Å². The van der Waals surface area contributed by atoms with Crippen LogP contribution >= 0.6 is 12.4 Å². The van der Waals surface area contributed by atoms with Crippen LogP contribution in [0.3, 0.4) is 0 Å². The van der Waals surface area contributed by atoms with Crippen molar-refractivity contribution in [2.75, 3.05) is 0 Å². The van der Waals surface area contributed by atoms with Gasteiger partial charge in [0, 0.05) is 0 Å². The first-order valence-electron chi connectivity index (χ1n) is 5.46. The maximum absolute atomic E-state index is 12.4. The quantitative estimate of drug-likeness (QED) is 0.881. The molecular weight excluding hydrogens is 275 g/mol. The van der Waals surface area contributed by atoms with Crippen molar-refractivity contribution >= 4 is 12.4 Å². The molecule has 19 heavy (non-hydrogen) atoms. The second kappa shape index (κ2) is 6.08. The molecule has 0 saturated heterocycles. The zero-order chi connectivity index (χ0) is 13.2. The summed E-state index contributed by atoms with van der Waals surface area (Å²) in [5.74, 6) is 0. The third kappa shape index (κ3) is 3.72. The highest BCUT2D eigenvalue weighted by Gasteiger charge is 2.30. The van der Waals surface area contributed by atoms with E-state index in [2.05, 4.69) is 0 Å². The Balaban J connectivity index is 0.00000180. The minimum atomic E-state index is -4.31. The van der Waals surface area contributed by atoms with Crippen LogP contribution in [0.25, 0.3) is 0 Å². The molecule has 0 aliphatic rings. The van der Waals surface area contributed by atoms with E-state index in [-0.39, 0.29) is 12.4 Å². The van der Waals surface area contributed by atoms with Crippen LogP contribution in [0.15, 0.2) is 54.6 Å². The van der Waals surface area contributed by atoms with Crippen LogP contribution in [-0.2, 0) is 6.18 Å². The molecule has 0 heterocycles. The van der Waals surface area contributed by atoms with E-state index in [0.717, 1.165) is 17.7 Å². The molecule has 2 N–H and O–H groups in total. The number of benzene rings is 2. The number of hydrogen-bond donors (Lipinski definition) is 1. The summed E-state index contributed by atoms with van der Waals surface area (Å²) in [6, 6.07) is 13.8. The summed E-state index contributed by atoms with van der Waals surface area (Å²) in [5.41, 5.74) is 6.87. The molecule has 0 saturated carbocycles. The van der Waals surface area contributed by atoms with E-state index in [4.69, 9.17) is 5.73 Å². The fourth-order valence-corrected chi connectivity index (χ4v) is 1.73. The Kier molecular flexibility index (Phi) is 4.97. The topological polar surface area (TPSA) is 26.0 Å². The largest absolute Gasteiger partial charge is 0.416 e. The van der Waals surface area contributed by atoms with Gasteiger partial charge in [-0.1, -0.05) is 42.5 Å². The van der Waals surface area contributed by atoms with Crippen molar-refractivity contribution in [2.45, 2.75) is 12.2 Å². The first-order chi connectivity index (χ1) is 8.48. The monoisotopic (exact) mass is 287 g/mol. The summed E-state index contributed by atoms with van der Waals surface area (Å²) in [4.78, 5) is 0. The maximum atomic E-state index is 12.4. The van der Waals surface area contributed by atoms with Gasteiger partial charge in [0.25, 0.3) is 0 Å². The second-order valence-corrected chi connectivity index (χ2v) is 4.01. The van der Waals surface area contributed by atoms with Crippen molar-refractivity contribution in [3.63, 3.8) is 0 Å². The molecule has 0 radical (unpaired) electrons. The van der Waals surface area contributed by atoms with Gasteiger partial charge in [-0.15, -0.1) is 12.4 Å². The highest BCUT2D eigenvalue weighted by atomic mass is 35.5. The van der Waals surface area contributed by atoms with Gasteiger partial charge in [-0.3, -0.25) is 0 Å². The fourth-order valence-electron chi connectivity index (χ4n) is 1.73. The summed E-state index contributed by atoms with van der Waals surface area (Å²) in [7, 11) is 0. The molecule has 102 valence electrons. The maximum Gasteiger partial charge on any atom is 0.416 e. The van der Waals surface area contributed by atoms with Gasteiger partial charge in [0.15, 0.2) is 0 Å². The van der Waals surface area contributed by atoms with Gasteiger partial charge < -0.3 is 5.73 Å². The predicted molar refractivity (Wildman–Crippen MR) is 71.2 cm³/mol. The van der Waals surface area contributed by atoms with Gasteiger partial charge in [-0.05, 0) is 23.3 Å². The number of rotatable bonds is 2. The predicted octanol–water partition coefficient (Wildman–Crippen LogP) is 4.18. The molecule has 0 aromatic heterocycles. The van der Waals surface area contributed by atoms with Crippen LogP contribution in [0.1, 0.15) is 22.7 Å². The summed E-state index contributed by atoms with van der Waals surface area (Å²) in [6.07, 6.45) is -4.31. The van der Waals surface area contributed by atoms with Crippen LogP contribution in [0.4, 0.5) is 13.2 Å². The Morgan fingerprint density at radius 1 is 0.789 bits per heavy atom. The van der Waals surface area contributed by atoms with Crippen LogP contribution < -0.4 is 5.73 Å². The molecule has 0 aliphatic heterocycles. The molecule has 1 atom stereocenters. The van der Waals surface area contributed by atoms with Crippen LogP contribution in [0.2, 0.25) is 0 Å². The minimum Gasteiger partial charge on any atom is -0.320 e. The van der Waals surface area contributed by atoms with Crippen molar-refractivity contribution in [1.82, 2.24) is 0 Å². The second-order valence-electron chi connectivity index (χ2n) is 4.01. The third-order valence-corrected chi connectivity index (χ3v) is 2.76. The zero-order valence-electron chi connectivity index (χ0n) is 9.89. The number of nitrogens with two attached hydrogens (primary N) is 1. The summed E-state index contributed by atoms with van der Waals surface area (Å²) in [6.45, 7) is 0. The molecule has 1 nitrogen and oxygen atoms in total. The van der Waals surface area contributed by atoms with E-state index in [9.17, 15) is 13.2 Å². The van der Waals surface area contributed by atoms with Gasteiger partial charge in [0.2, 0.25) is 0 Å². The molecule has 0 bridgehead atoms. The van der Waals surface area contributed by atoms with E-state index < -0.39 is 17.8 Å². The smallest absolute Gasteiger partial charge is 0.320 e. The lowest BCUT2D eigenvalue weighted by atomic mass is 9.98. The molecule has 2 rings (SSSR count). The standard InChI is InChI=1S/C14H12F3N.ClH/c15-14(16,17)12-8-6-11(7-9-12)13(18)10-4-2-1-3-5-10;/h1-9,13H,18H2;1H/t13-;/m1./s1. The molecule has 0 fully saturated rings. The highest BCUT2D eigenvalue weighted by Crippen LogP contribution is 2.30. The first-order valence-corrected chi connectivity index (χ1v) is 5.46. The minimum absolute atomic E-state index is 0. The van der Waals surface area contributed by atoms with E-state index in [0.29, 0.717) is 5.56 Å². The van der Waals surface area contributed by atoms with Gasteiger partial charge in [0.05, 0.1) is 11.6 Å². The summed E-state index contributed by atoms with van der Waals surface area (Å²) >= 11 is 0. The number of alkyl halides is 3. The first kappa shape index (κ1) is 15.5. The summed E-state index contributed by atoms with van der Waals surface area (Å²) < 4.78 is 37.2. The fraction of sp³-hybridized carbons (Fsp3) is 0.143. The Hall–Kier alpha value is -1.52. The molecular formula is C14H13ClF3N. The molecule has 0 amide bonds. The lowest BCUT2D eigenvalue weighted by Gasteiger charge is -2.13. The van der Waals surface area contributed by atoms with Gasteiger partial charge in [0.1, 0.15) is 0 Å². The summed E-state index contributed by atoms with van der Waals surface area (Å²) in [5, 5.41) is 0. The Bertz CT molecular complexity index is 508. The lowest BCUT2D eigenvalue weighted by Crippen LogP contribution is -2.12. The Morgan fingerprint density at radius 2 is 1.26 bits per heavy atom. The zero-order valence-corrected chi connectivity index (χ0v) is 10.7. The highest BCUT2D eigenvalue weighted by molar-refractivity contribution is 5.85. The van der Waals surface area contributed by atoms with Crippen molar-refractivity contribution in [3.8, 4) is 0 Å². The molecule has 0 unspecified atom stereocenters. The lowest BCUT2D eigenvalue weighted by molar-refractivity contribution is -0.137. The molecule has 2 aromatic rings. The van der Waals surface area contributed by atoms with Crippen molar-refractivity contribution in [1.29, 1.82) is 0 Å². The normalized spacial score (nSPS) is 12.6. The van der Waals surface area contributed by atoms with E-state index in [1.807, 2.05) is 30.3 Å².